The van der Waals surface area contributed by atoms with Crippen LogP contribution in [0.2, 0.25) is 0 Å². The van der Waals surface area contributed by atoms with E-state index in [4.69, 9.17) is 4.74 Å². The number of rotatable bonds is 5. The standard InChI is InChI=1S/C23H29N3O3/c1-17-8-10-18(11-9-17)15-24-21(27)23(2)12-5-13-26(16-23)22(28)25-19-6-4-7-20(14-19)29-3/h4,6-11,14H,5,12-13,15-16H2,1-3H3,(H,24,27)(H,25,28)/t23-/m1/s1. The second kappa shape index (κ2) is 8.99. The number of likely N-dealkylation sites (tertiary alicyclic amines) is 1. The number of urea groups is 1. The maximum atomic E-state index is 12.9. The summed E-state index contributed by atoms with van der Waals surface area (Å²) in [5, 5.41) is 5.94. The number of ether oxygens (including phenoxy) is 1. The van der Waals surface area contributed by atoms with Crippen molar-refractivity contribution in [3.63, 3.8) is 0 Å². The van der Waals surface area contributed by atoms with E-state index in [1.807, 2.05) is 56.3 Å². The molecule has 1 atom stereocenters. The van der Waals surface area contributed by atoms with Gasteiger partial charge in [0.2, 0.25) is 5.91 Å². The molecule has 0 saturated carbocycles. The Bertz CT molecular complexity index is 866. The normalized spacial score (nSPS) is 18.8. The SMILES string of the molecule is COc1cccc(NC(=O)N2CCC[C@@](C)(C(=O)NCc3ccc(C)cc3)C2)c1. The summed E-state index contributed by atoms with van der Waals surface area (Å²) >= 11 is 0. The summed E-state index contributed by atoms with van der Waals surface area (Å²) in [6.45, 7) is 5.49. The fourth-order valence-corrected chi connectivity index (χ4v) is 3.60. The maximum Gasteiger partial charge on any atom is 0.321 e. The van der Waals surface area contributed by atoms with Gasteiger partial charge in [0.1, 0.15) is 5.75 Å². The molecule has 1 aliphatic rings. The number of nitrogens with one attached hydrogen (secondary N) is 2. The average molecular weight is 396 g/mol. The number of nitrogens with zero attached hydrogens (tertiary/aromatic N) is 1. The first-order chi connectivity index (χ1) is 13.9. The van der Waals surface area contributed by atoms with E-state index < -0.39 is 5.41 Å². The Morgan fingerprint density at radius 2 is 1.93 bits per heavy atom. The molecule has 0 unspecified atom stereocenters. The van der Waals surface area contributed by atoms with Crippen molar-refractivity contribution in [1.29, 1.82) is 0 Å². The number of piperidine rings is 1. The van der Waals surface area contributed by atoms with E-state index >= 15 is 0 Å². The average Bonchev–Trinajstić information content (AvgIpc) is 2.73. The molecular formula is C23H29N3O3. The van der Waals surface area contributed by atoms with Gasteiger partial charge in [-0.05, 0) is 44.4 Å². The molecular weight excluding hydrogens is 366 g/mol. The quantitative estimate of drug-likeness (QED) is 0.805. The van der Waals surface area contributed by atoms with Gasteiger partial charge in [-0.2, -0.15) is 0 Å². The molecule has 0 radical (unpaired) electrons. The Morgan fingerprint density at radius 1 is 1.17 bits per heavy atom. The first-order valence-electron chi connectivity index (χ1n) is 9.93. The number of hydrogen-bond acceptors (Lipinski definition) is 3. The van der Waals surface area contributed by atoms with Gasteiger partial charge in [-0.25, -0.2) is 4.79 Å². The number of hydrogen-bond donors (Lipinski definition) is 2. The number of amides is 3. The Morgan fingerprint density at radius 3 is 2.66 bits per heavy atom. The molecule has 1 heterocycles. The van der Waals surface area contributed by atoms with Gasteiger partial charge >= 0.3 is 6.03 Å². The largest absolute Gasteiger partial charge is 0.497 e. The molecule has 0 spiro atoms. The van der Waals surface area contributed by atoms with Crippen LogP contribution < -0.4 is 15.4 Å². The molecule has 0 aromatic heterocycles. The fraction of sp³-hybridized carbons (Fsp3) is 0.391. The zero-order valence-corrected chi connectivity index (χ0v) is 17.3. The molecule has 2 aromatic rings. The predicted octanol–water partition coefficient (Wildman–Crippen LogP) is 3.95. The summed E-state index contributed by atoms with van der Waals surface area (Å²) in [4.78, 5) is 27.3. The fourth-order valence-electron chi connectivity index (χ4n) is 3.60. The zero-order chi connectivity index (χ0) is 20.9. The highest BCUT2D eigenvalue weighted by molar-refractivity contribution is 5.90. The molecule has 1 aliphatic heterocycles. The molecule has 0 bridgehead atoms. The van der Waals surface area contributed by atoms with Gasteiger partial charge < -0.3 is 20.3 Å². The van der Waals surface area contributed by atoms with Gasteiger partial charge in [0.25, 0.3) is 0 Å². The first-order valence-corrected chi connectivity index (χ1v) is 9.93. The number of carbonyl (C=O) groups is 2. The van der Waals surface area contributed by atoms with Crippen molar-refractivity contribution < 1.29 is 14.3 Å². The minimum absolute atomic E-state index is 0.0167. The lowest BCUT2D eigenvalue weighted by atomic mass is 9.81. The van der Waals surface area contributed by atoms with E-state index in [2.05, 4.69) is 10.6 Å². The van der Waals surface area contributed by atoms with Crippen molar-refractivity contribution in [3.05, 3.63) is 59.7 Å². The Balaban J connectivity index is 1.59. The highest BCUT2D eigenvalue weighted by Gasteiger charge is 2.39. The molecule has 1 fully saturated rings. The van der Waals surface area contributed by atoms with Gasteiger partial charge in [0.15, 0.2) is 0 Å². The second-order valence-corrected chi connectivity index (χ2v) is 7.92. The second-order valence-electron chi connectivity index (χ2n) is 7.92. The third-order valence-electron chi connectivity index (χ3n) is 5.43. The third kappa shape index (κ3) is 5.28. The Kier molecular flexibility index (Phi) is 6.42. The molecule has 0 aliphatic carbocycles. The van der Waals surface area contributed by atoms with Gasteiger partial charge in [-0.1, -0.05) is 35.9 Å². The van der Waals surface area contributed by atoms with Crippen LogP contribution in [-0.4, -0.2) is 37.0 Å². The summed E-state index contributed by atoms with van der Waals surface area (Å²) < 4.78 is 5.20. The zero-order valence-electron chi connectivity index (χ0n) is 17.3. The Labute approximate surface area is 172 Å². The van der Waals surface area contributed by atoms with Crippen molar-refractivity contribution >= 4 is 17.6 Å². The number of anilines is 1. The van der Waals surface area contributed by atoms with E-state index in [0.29, 0.717) is 31.1 Å². The van der Waals surface area contributed by atoms with Crippen LogP contribution >= 0.6 is 0 Å². The first kappa shape index (κ1) is 20.7. The van der Waals surface area contributed by atoms with Crippen molar-refractivity contribution in [2.75, 3.05) is 25.5 Å². The van der Waals surface area contributed by atoms with Crippen molar-refractivity contribution in [2.24, 2.45) is 5.41 Å². The highest BCUT2D eigenvalue weighted by atomic mass is 16.5. The van der Waals surface area contributed by atoms with Gasteiger partial charge in [0.05, 0.1) is 12.5 Å². The van der Waals surface area contributed by atoms with E-state index in [1.165, 1.54) is 5.56 Å². The molecule has 6 heteroatoms. The van der Waals surface area contributed by atoms with Gasteiger partial charge in [-0.3, -0.25) is 4.79 Å². The number of methoxy groups -OCH3 is 1. The summed E-state index contributed by atoms with van der Waals surface area (Å²) in [5.41, 5.74) is 2.33. The van der Waals surface area contributed by atoms with E-state index in [1.54, 1.807) is 18.1 Å². The molecule has 2 aromatic carbocycles. The van der Waals surface area contributed by atoms with Crippen LogP contribution in [-0.2, 0) is 11.3 Å². The highest BCUT2D eigenvalue weighted by Crippen LogP contribution is 2.30. The molecule has 154 valence electrons. The lowest BCUT2D eigenvalue weighted by Crippen LogP contribution is -2.52. The number of benzene rings is 2. The van der Waals surface area contributed by atoms with Crippen LogP contribution in [0.25, 0.3) is 0 Å². The van der Waals surface area contributed by atoms with Crippen molar-refractivity contribution in [3.8, 4) is 5.75 Å². The lowest BCUT2D eigenvalue weighted by Gasteiger charge is -2.39. The van der Waals surface area contributed by atoms with Crippen LogP contribution in [0.1, 0.15) is 30.9 Å². The summed E-state index contributed by atoms with van der Waals surface area (Å²) in [6.07, 6.45) is 1.55. The van der Waals surface area contributed by atoms with Crippen molar-refractivity contribution in [1.82, 2.24) is 10.2 Å². The van der Waals surface area contributed by atoms with E-state index in [0.717, 1.165) is 18.4 Å². The smallest absolute Gasteiger partial charge is 0.321 e. The van der Waals surface area contributed by atoms with Crippen LogP contribution in [0.3, 0.4) is 0 Å². The molecule has 3 amide bonds. The molecule has 1 saturated heterocycles. The summed E-state index contributed by atoms with van der Waals surface area (Å²) in [7, 11) is 1.59. The number of carbonyl (C=O) groups excluding carboxylic acids is 2. The minimum Gasteiger partial charge on any atom is -0.497 e. The monoisotopic (exact) mass is 395 g/mol. The van der Waals surface area contributed by atoms with Crippen LogP contribution in [0.5, 0.6) is 5.75 Å². The van der Waals surface area contributed by atoms with Gasteiger partial charge in [0, 0.05) is 31.4 Å². The molecule has 6 nitrogen and oxygen atoms in total. The lowest BCUT2D eigenvalue weighted by molar-refractivity contribution is -0.132. The van der Waals surface area contributed by atoms with E-state index in [-0.39, 0.29) is 11.9 Å². The molecule has 29 heavy (non-hydrogen) atoms. The van der Waals surface area contributed by atoms with Gasteiger partial charge in [-0.15, -0.1) is 0 Å². The minimum atomic E-state index is -0.603. The topological polar surface area (TPSA) is 70.7 Å². The predicted molar refractivity (Wildman–Crippen MR) is 114 cm³/mol. The van der Waals surface area contributed by atoms with Crippen LogP contribution in [0.4, 0.5) is 10.5 Å². The molecule has 2 N–H and O–H groups in total. The van der Waals surface area contributed by atoms with Crippen LogP contribution in [0.15, 0.2) is 48.5 Å². The van der Waals surface area contributed by atoms with E-state index in [9.17, 15) is 9.59 Å². The third-order valence-corrected chi connectivity index (χ3v) is 5.43. The maximum absolute atomic E-state index is 12.9. The molecule has 3 rings (SSSR count). The van der Waals surface area contributed by atoms with Crippen LogP contribution in [0, 0.1) is 12.3 Å². The van der Waals surface area contributed by atoms with Crippen molar-refractivity contribution in [2.45, 2.75) is 33.2 Å². The summed E-state index contributed by atoms with van der Waals surface area (Å²) in [5.74, 6) is 0.665. The Hall–Kier alpha value is -3.02. The number of aryl methyl sites for hydroxylation is 1. The summed E-state index contributed by atoms with van der Waals surface area (Å²) in [6, 6.07) is 15.2.